The Hall–Kier alpha value is -2.70. The third kappa shape index (κ3) is 3.93. The number of hydrogen-bond donors (Lipinski definition) is 0. The highest BCUT2D eigenvalue weighted by atomic mass is 16.5. The molecule has 6 nitrogen and oxygen atoms in total. The first-order valence-corrected chi connectivity index (χ1v) is 9.56. The van der Waals surface area contributed by atoms with Crippen LogP contribution in [0.5, 0.6) is 5.75 Å². The Morgan fingerprint density at radius 3 is 2.79 bits per heavy atom. The molecule has 3 heterocycles. The molecule has 1 aliphatic heterocycles. The summed E-state index contributed by atoms with van der Waals surface area (Å²) in [7, 11) is 3.66. The highest BCUT2D eigenvalue weighted by Gasteiger charge is 2.24. The molecule has 0 amide bonds. The maximum absolute atomic E-state index is 6.00. The fraction of sp³-hybridized carbons (Fsp3) is 0.364. The number of aromatic nitrogens is 3. The predicted molar refractivity (Wildman–Crippen MR) is 108 cm³/mol. The molecule has 1 fully saturated rings. The Kier molecular flexibility index (Phi) is 5.41. The molecule has 1 aromatic carbocycles. The van der Waals surface area contributed by atoms with Crippen molar-refractivity contribution in [2.24, 2.45) is 7.05 Å². The summed E-state index contributed by atoms with van der Waals surface area (Å²) in [5.41, 5.74) is 5.62. The van der Waals surface area contributed by atoms with Gasteiger partial charge < -0.3 is 9.47 Å². The average molecular weight is 378 g/mol. The molecule has 3 aromatic rings. The van der Waals surface area contributed by atoms with E-state index in [1.165, 1.54) is 11.3 Å². The van der Waals surface area contributed by atoms with Gasteiger partial charge >= 0.3 is 0 Å². The number of aryl methyl sites for hydroxylation is 1. The minimum atomic E-state index is -0.00918. The van der Waals surface area contributed by atoms with Gasteiger partial charge in [0.15, 0.2) is 0 Å². The summed E-state index contributed by atoms with van der Waals surface area (Å²) < 4.78 is 13.2. The van der Waals surface area contributed by atoms with Crippen LogP contribution in [0.1, 0.15) is 23.1 Å². The quantitative estimate of drug-likeness (QED) is 0.681. The fourth-order valence-corrected chi connectivity index (χ4v) is 3.53. The van der Waals surface area contributed by atoms with Gasteiger partial charge in [-0.1, -0.05) is 18.2 Å². The maximum atomic E-state index is 6.00. The van der Waals surface area contributed by atoms with E-state index in [1.807, 2.05) is 42.3 Å². The average Bonchev–Trinajstić information content (AvgIpc) is 3.06. The molecule has 0 radical (unpaired) electrons. The van der Waals surface area contributed by atoms with Crippen LogP contribution in [0.15, 0.2) is 48.8 Å². The normalized spacial score (nSPS) is 17.6. The summed E-state index contributed by atoms with van der Waals surface area (Å²) in [5.74, 6) is 0.846. The van der Waals surface area contributed by atoms with Gasteiger partial charge in [-0.05, 0) is 30.7 Å². The minimum Gasteiger partial charge on any atom is -0.497 e. The van der Waals surface area contributed by atoms with Crippen LogP contribution in [0.2, 0.25) is 0 Å². The number of ether oxygens (including phenoxy) is 2. The van der Waals surface area contributed by atoms with Crippen molar-refractivity contribution in [3.8, 4) is 16.9 Å². The molecule has 1 saturated heterocycles. The molecule has 4 rings (SSSR count). The summed E-state index contributed by atoms with van der Waals surface area (Å²) >= 11 is 0. The zero-order valence-corrected chi connectivity index (χ0v) is 16.6. The third-order valence-electron chi connectivity index (χ3n) is 5.40. The molecule has 28 heavy (non-hydrogen) atoms. The number of methoxy groups -OCH3 is 1. The fourth-order valence-electron chi connectivity index (χ4n) is 3.53. The van der Waals surface area contributed by atoms with E-state index < -0.39 is 0 Å². The molecule has 0 bridgehead atoms. The number of morpholine rings is 1. The summed E-state index contributed by atoms with van der Waals surface area (Å²) in [5, 5.41) is 4.35. The SMILES string of the molecule is COc1cccc(-c2ccc(C3CN(Cc4cnn(C)c4C)CCO3)nc2)c1. The summed E-state index contributed by atoms with van der Waals surface area (Å²) in [6.45, 7) is 5.47. The zero-order valence-electron chi connectivity index (χ0n) is 16.6. The van der Waals surface area contributed by atoms with Crippen LogP contribution in [-0.2, 0) is 18.3 Å². The highest BCUT2D eigenvalue weighted by molar-refractivity contribution is 5.64. The van der Waals surface area contributed by atoms with Crippen LogP contribution in [-0.4, -0.2) is 46.5 Å². The number of pyridine rings is 1. The predicted octanol–water partition coefficient (Wildman–Crippen LogP) is 3.37. The van der Waals surface area contributed by atoms with E-state index in [0.717, 1.165) is 42.2 Å². The van der Waals surface area contributed by atoms with E-state index in [2.05, 4.69) is 40.1 Å². The second-order valence-electron chi connectivity index (χ2n) is 7.18. The Bertz CT molecular complexity index is 936. The Morgan fingerprint density at radius 1 is 1.18 bits per heavy atom. The number of nitrogens with zero attached hydrogens (tertiary/aromatic N) is 4. The molecule has 1 atom stereocenters. The van der Waals surface area contributed by atoms with Crippen molar-refractivity contribution in [2.45, 2.75) is 19.6 Å². The van der Waals surface area contributed by atoms with E-state index in [4.69, 9.17) is 9.47 Å². The second-order valence-corrected chi connectivity index (χ2v) is 7.18. The Balaban J connectivity index is 1.45. The van der Waals surface area contributed by atoms with Crippen molar-refractivity contribution in [3.63, 3.8) is 0 Å². The lowest BCUT2D eigenvalue weighted by atomic mass is 10.1. The molecule has 0 aliphatic carbocycles. The van der Waals surface area contributed by atoms with Crippen molar-refractivity contribution >= 4 is 0 Å². The third-order valence-corrected chi connectivity index (χ3v) is 5.40. The summed E-state index contributed by atoms with van der Waals surface area (Å²) in [4.78, 5) is 7.10. The molecule has 0 spiro atoms. The van der Waals surface area contributed by atoms with Gasteiger partial charge in [0.25, 0.3) is 0 Å². The lowest BCUT2D eigenvalue weighted by molar-refractivity contribution is -0.0350. The van der Waals surface area contributed by atoms with Crippen molar-refractivity contribution < 1.29 is 9.47 Å². The molecule has 6 heteroatoms. The first-order valence-electron chi connectivity index (χ1n) is 9.56. The lowest BCUT2D eigenvalue weighted by Gasteiger charge is -2.32. The van der Waals surface area contributed by atoms with Crippen LogP contribution in [0.3, 0.4) is 0 Å². The molecule has 0 saturated carbocycles. The lowest BCUT2D eigenvalue weighted by Crippen LogP contribution is -2.38. The van der Waals surface area contributed by atoms with Gasteiger partial charge in [-0.3, -0.25) is 14.6 Å². The molecule has 2 aromatic heterocycles. The first kappa shape index (κ1) is 18.7. The van der Waals surface area contributed by atoms with Crippen molar-refractivity contribution in [1.82, 2.24) is 19.7 Å². The monoisotopic (exact) mass is 378 g/mol. The largest absolute Gasteiger partial charge is 0.497 e. The Labute approximate surface area is 165 Å². The first-order chi connectivity index (χ1) is 13.6. The maximum Gasteiger partial charge on any atom is 0.119 e. The van der Waals surface area contributed by atoms with Gasteiger partial charge in [0.05, 0.1) is 25.6 Å². The van der Waals surface area contributed by atoms with E-state index in [-0.39, 0.29) is 6.10 Å². The van der Waals surface area contributed by atoms with Crippen LogP contribution in [0, 0.1) is 6.92 Å². The van der Waals surface area contributed by atoms with Crippen molar-refractivity contribution in [1.29, 1.82) is 0 Å². The van der Waals surface area contributed by atoms with Gasteiger partial charge in [-0.25, -0.2) is 0 Å². The van der Waals surface area contributed by atoms with Crippen LogP contribution >= 0.6 is 0 Å². The van der Waals surface area contributed by atoms with Gasteiger partial charge in [0.2, 0.25) is 0 Å². The second kappa shape index (κ2) is 8.12. The molecule has 146 valence electrons. The molecule has 0 N–H and O–H groups in total. The zero-order chi connectivity index (χ0) is 19.5. The highest BCUT2D eigenvalue weighted by Crippen LogP contribution is 2.26. The van der Waals surface area contributed by atoms with Crippen molar-refractivity contribution in [2.75, 3.05) is 26.8 Å². The van der Waals surface area contributed by atoms with Gasteiger partial charge in [-0.15, -0.1) is 0 Å². The standard InChI is InChI=1S/C22H26N4O2/c1-16-19(13-24-25(16)2)14-26-9-10-28-22(15-26)21-8-7-18(12-23-21)17-5-4-6-20(11-17)27-3/h4-8,11-13,22H,9-10,14-15H2,1-3H3. The topological polar surface area (TPSA) is 52.4 Å². The van der Waals surface area contributed by atoms with Gasteiger partial charge in [0.1, 0.15) is 11.9 Å². The van der Waals surface area contributed by atoms with Crippen molar-refractivity contribution in [3.05, 3.63) is 65.7 Å². The number of hydrogen-bond acceptors (Lipinski definition) is 5. The van der Waals surface area contributed by atoms with Crippen LogP contribution in [0.4, 0.5) is 0 Å². The van der Waals surface area contributed by atoms with E-state index in [9.17, 15) is 0 Å². The van der Waals surface area contributed by atoms with Crippen LogP contribution in [0.25, 0.3) is 11.1 Å². The summed E-state index contributed by atoms with van der Waals surface area (Å²) in [6, 6.07) is 12.2. The smallest absolute Gasteiger partial charge is 0.119 e. The minimum absolute atomic E-state index is 0.00918. The van der Waals surface area contributed by atoms with Gasteiger partial charge in [-0.2, -0.15) is 5.10 Å². The van der Waals surface area contributed by atoms with Crippen LogP contribution < -0.4 is 4.74 Å². The molecule has 1 unspecified atom stereocenters. The number of benzene rings is 1. The van der Waals surface area contributed by atoms with E-state index in [1.54, 1.807) is 7.11 Å². The van der Waals surface area contributed by atoms with E-state index in [0.29, 0.717) is 6.61 Å². The number of rotatable bonds is 5. The molecule has 1 aliphatic rings. The molecular weight excluding hydrogens is 352 g/mol. The molecular formula is C22H26N4O2. The van der Waals surface area contributed by atoms with E-state index >= 15 is 0 Å². The Morgan fingerprint density at radius 2 is 2.07 bits per heavy atom. The summed E-state index contributed by atoms with van der Waals surface area (Å²) in [6.07, 6.45) is 3.86. The van der Waals surface area contributed by atoms with Gasteiger partial charge in [0, 0.05) is 49.7 Å².